The third-order valence-electron chi connectivity index (χ3n) is 2.59. The number of hydrogen-bond donors (Lipinski definition) is 1. The number of rotatable bonds is 5. The first-order chi connectivity index (χ1) is 7.69. The van der Waals surface area contributed by atoms with Crippen LogP contribution in [0.5, 0.6) is 0 Å². The number of hydrogen-bond acceptors (Lipinski definition) is 3. The van der Waals surface area contributed by atoms with Crippen LogP contribution in [-0.4, -0.2) is 26.2 Å². The van der Waals surface area contributed by atoms with Crippen molar-refractivity contribution in [2.75, 3.05) is 25.0 Å². The van der Waals surface area contributed by atoms with E-state index in [0.717, 1.165) is 6.54 Å². The Hall–Kier alpha value is -1.53. The number of benzene rings is 1. The van der Waals surface area contributed by atoms with Gasteiger partial charge in [0, 0.05) is 19.3 Å². The number of nitrogens with one attached hydrogen (secondary N) is 1. The summed E-state index contributed by atoms with van der Waals surface area (Å²) in [7, 11) is 2.02. The summed E-state index contributed by atoms with van der Waals surface area (Å²) in [5.41, 5.74) is 2.42. The zero-order chi connectivity index (χ0) is 12.0. The molecule has 1 aromatic carbocycles. The molecule has 0 saturated heterocycles. The van der Waals surface area contributed by atoms with E-state index in [1.807, 2.05) is 26.1 Å². The van der Waals surface area contributed by atoms with Crippen molar-refractivity contribution in [2.24, 2.45) is 0 Å². The van der Waals surface area contributed by atoms with Gasteiger partial charge in [-0.3, -0.25) is 0 Å². The van der Waals surface area contributed by atoms with Gasteiger partial charge in [0.1, 0.15) is 6.04 Å². The highest BCUT2D eigenvalue weighted by molar-refractivity contribution is 5.52. The topological polar surface area (TPSA) is 39.1 Å². The summed E-state index contributed by atoms with van der Waals surface area (Å²) in [6.45, 7) is 5.62. The summed E-state index contributed by atoms with van der Waals surface area (Å²) < 4.78 is 0. The minimum atomic E-state index is -0.116. The maximum absolute atomic E-state index is 8.98. The minimum Gasteiger partial charge on any atom is -0.372 e. The van der Waals surface area contributed by atoms with Gasteiger partial charge in [-0.25, -0.2) is 0 Å². The normalized spacial score (nSPS) is 11.9. The number of likely N-dealkylation sites (N-methyl/N-ethyl adjacent to an activating group) is 2. The molecule has 0 aliphatic heterocycles. The van der Waals surface area contributed by atoms with Crippen molar-refractivity contribution < 1.29 is 0 Å². The molecule has 0 bridgehead atoms. The van der Waals surface area contributed by atoms with E-state index in [1.165, 1.54) is 11.3 Å². The molecule has 0 amide bonds. The molecular formula is C13H19N3. The molecule has 86 valence electrons. The lowest BCUT2D eigenvalue weighted by molar-refractivity contribution is 0.618. The number of aryl methyl sites for hydroxylation is 1. The fraction of sp³-hybridized carbons (Fsp3) is 0.462. The zero-order valence-corrected chi connectivity index (χ0v) is 10.2. The molecule has 0 aliphatic carbocycles. The highest BCUT2D eigenvalue weighted by Crippen LogP contribution is 2.17. The van der Waals surface area contributed by atoms with Gasteiger partial charge in [0.05, 0.1) is 6.07 Å². The Bertz CT molecular complexity index is 368. The van der Waals surface area contributed by atoms with E-state index in [4.69, 9.17) is 5.26 Å². The van der Waals surface area contributed by atoms with E-state index in [2.05, 4.69) is 35.3 Å². The van der Waals surface area contributed by atoms with E-state index < -0.39 is 0 Å². The van der Waals surface area contributed by atoms with Gasteiger partial charge >= 0.3 is 0 Å². The summed E-state index contributed by atoms with van der Waals surface area (Å²) in [4.78, 5) is 2.12. The maximum atomic E-state index is 8.98. The third kappa shape index (κ3) is 3.25. The van der Waals surface area contributed by atoms with Gasteiger partial charge in [-0.2, -0.15) is 5.26 Å². The van der Waals surface area contributed by atoms with Crippen molar-refractivity contribution in [3.63, 3.8) is 0 Å². The van der Waals surface area contributed by atoms with Crippen LogP contribution in [0.3, 0.4) is 0 Å². The summed E-state index contributed by atoms with van der Waals surface area (Å²) in [6, 6.07) is 10.4. The van der Waals surface area contributed by atoms with Crippen LogP contribution < -0.4 is 10.2 Å². The van der Waals surface area contributed by atoms with Gasteiger partial charge in [-0.15, -0.1) is 0 Å². The van der Waals surface area contributed by atoms with Gasteiger partial charge in [0.25, 0.3) is 0 Å². The van der Waals surface area contributed by atoms with Gasteiger partial charge in [-0.1, -0.05) is 25.1 Å². The molecule has 3 heteroatoms. The maximum Gasteiger partial charge on any atom is 0.113 e. The first-order valence-electron chi connectivity index (χ1n) is 5.58. The Kier molecular flexibility index (Phi) is 4.81. The number of nitrogens with zero attached hydrogens (tertiary/aromatic N) is 2. The predicted molar refractivity (Wildman–Crippen MR) is 67.5 cm³/mol. The van der Waals surface area contributed by atoms with Crippen LogP contribution in [0.1, 0.15) is 12.5 Å². The molecular weight excluding hydrogens is 198 g/mol. The van der Waals surface area contributed by atoms with Crippen molar-refractivity contribution >= 4 is 5.69 Å². The Morgan fingerprint density at radius 2 is 2.12 bits per heavy atom. The molecule has 3 nitrogen and oxygen atoms in total. The highest BCUT2D eigenvalue weighted by Gasteiger charge is 2.10. The Balaban J connectivity index is 2.68. The molecule has 0 heterocycles. The van der Waals surface area contributed by atoms with Crippen LogP contribution in [0.2, 0.25) is 0 Å². The van der Waals surface area contributed by atoms with Gasteiger partial charge in [0.2, 0.25) is 0 Å². The van der Waals surface area contributed by atoms with E-state index in [-0.39, 0.29) is 6.04 Å². The third-order valence-corrected chi connectivity index (χ3v) is 2.59. The molecule has 1 N–H and O–H groups in total. The second-order valence-corrected chi connectivity index (χ2v) is 3.91. The molecule has 0 radical (unpaired) electrons. The molecule has 0 aliphatic rings. The molecule has 1 atom stereocenters. The van der Waals surface area contributed by atoms with Crippen molar-refractivity contribution in [1.29, 1.82) is 5.26 Å². The largest absolute Gasteiger partial charge is 0.372 e. The number of para-hydroxylation sites is 1. The number of anilines is 1. The van der Waals surface area contributed by atoms with Crippen molar-refractivity contribution in [1.82, 2.24) is 5.32 Å². The molecule has 0 aromatic heterocycles. The standard InChI is InChI=1S/C13H19N3/c1-4-15-12(9-14)10-16(3)13-8-6-5-7-11(13)2/h5-8,12,15H,4,10H2,1-3H3. The predicted octanol–water partition coefficient (Wildman–Crippen LogP) is 1.93. The molecule has 1 aromatic rings. The zero-order valence-electron chi connectivity index (χ0n) is 10.2. The van der Waals surface area contributed by atoms with Gasteiger partial charge < -0.3 is 10.2 Å². The smallest absolute Gasteiger partial charge is 0.113 e. The van der Waals surface area contributed by atoms with Crippen molar-refractivity contribution in [2.45, 2.75) is 19.9 Å². The van der Waals surface area contributed by atoms with Crippen LogP contribution >= 0.6 is 0 Å². The van der Waals surface area contributed by atoms with Crippen LogP contribution in [0.15, 0.2) is 24.3 Å². The molecule has 1 rings (SSSR count). The van der Waals surface area contributed by atoms with Crippen LogP contribution in [0.4, 0.5) is 5.69 Å². The first kappa shape index (κ1) is 12.5. The van der Waals surface area contributed by atoms with Crippen LogP contribution in [0, 0.1) is 18.3 Å². The van der Waals surface area contributed by atoms with Crippen molar-refractivity contribution in [3.8, 4) is 6.07 Å². The SMILES string of the molecule is CCNC(C#N)CN(C)c1ccccc1C. The van der Waals surface area contributed by atoms with E-state index in [9.17, 15) is 0 Å². The van der Waals surface area contributed by atoms with Crippen LogP contribution in [-0.2, 0) is 0 Å². The quantitative estimate of drug-likeness (QED) is 0.819. The summed E-state index contributed by atoms with van der Waals surface area (Å²) in [6.07, 6.45) is 0. The molecule has 0 fully saturated rings. The highest BCUT2D eigenvalue weighted by atomic mass is 15.1. The van der Waals surface area contributed by atoms with E-state index in [0.29, 0.717) is 6.54 Å². The Morgan fingerprint density at radius 1 is 1.44 bits per heavy atom. The molecule has 16 heavy (non-hydrogen) atoms. The summed E-state index contributed by atoms with van der Waals surface area (Å²) in [5.74, 6) is 0. The van der Waals surface area contributed by atoms with Gasteiger partial charge in [-0.05, 0) is 25.1 Å². The van der Waals surface area contributed by atoms with E-state index >= 15 is 0 Å². The molecule has 0 saturated carbocycles. The van der Waals surface area contributed by atoms with Crippen molar-refractivity contribution in [3.05, 3.63) is 29.8 Å². The monoisotopic (exact) mass is 217 g/mol. The lowest BCUT2D eigenvalue weighted by Gasteiger charge is -2.24. The Labute approximate surface area is 97.7 Å². The van der Waals surface area contributed by atoms with Gasteiger partial charge in [0.15, 0.2) is 0 Å². The Morgan fingerprint density at radius 3 is 2.69 bits per heavy atom. The average molecular weight is 217 g/mol. The lowest BCUT2D eigenvalue weighted by Crippen LogP contribution is -2.38. The lowest BCUT2D eigenvalue weighted by atomic mass is 10.1. The second-order valence-electron chi connectivity index (χ2n) is 3.91. The minimum absolute atomic E-state index is 0.116. The first-order valence-corrected chi connectivity index (χ1v) is 5.58. The van der Waals surface area contributed by atoms with E-state index in [1.54, 1.807) is 0 Å². The molecule has 1 unspecified atom stereocenters. The summed E-state index contributed by atoms with van der Waals surface area (Å²) in [5, 5.41) is 12.1. The van der Waals surface area contributed by atoms with Crippen LogP contribution in [0.25, 0.3) is 0 Å². The fourth-order valence-corrected chi connectivity index (χ4v) is 1.76. The second kappa shape index (κ2) is 6.14. The number of nitriles is 1. The summed E-state index contributed by atoms with van der Waals surface area (Å²) >= 11 is 0. The fourth-order valence-electron chi connectivity index (χ4n) is 1.76. The average Bonchev–Trinajstić information content (AvgIpc) is 2.28. The molecule has 0 spiro atoms.